The van der Waals surface area contributed by atoms with Gasteiger partial charge in [0.25, 0.3) is 0 Å². The van der Waals surface area contributed by atoms with E-state index in [4.69, 9.17) is 10.4 Å². The van der Waals surface area contributed by atoms with E-state index in [2.05, 4.69) is 41.4 Å². The molecule has 31 heavy (non-hydrogen) atoms. The summed E-state index contributed by atoms with van der Waals surface area (Å²) < 4.78 is 0. The van der Waals surface area contributed by atoms with Crippen LogP contribution in [0.3, 0.4) is 0 Å². The molecule has 0 fully saturated rings. The average Bonchev–Trinajstić information content (AvgIpc) is 2.72. The molecule has 0 bridgehead atoms. The number of unbranched alkanes of at least 4 members (excludes halogenated alkanes) is 1. The van der Waals surface area contributed by atoms with Crippen molar-refractivity contribution in [3.8, 4) is 6.19 Å². The second-order valence-corrected chi connectivity index (χ2v) is 8.33. The molecule has 1 aromatic heterocycles. The Morgan fingerprint density at radius 2 is 2.03 bits per heavy atom. The highest BCUT2D eigenvalue weighted by atomic mass is 16.4. The highest BCUT2D eigenvalue weighted by Crippen LogP contribution is 2.26. The van der Waals surface area contributed by atoms with E-state index in [0.29, 0.717) is 25.3 Å². The molecule has 0 saturated carbocycles. The molecular formula is C24H29N5O2. The Balaban J connectivity index is 2.27. The van der Waals surface area contributed by atoms with Crippen LogP contribution in [0.5, 0.6) is 0 Å². The number of carboxylic acid groups (broad SMARTS) is 1. The van der Waals surface area contributed by atoms with Crippen molar-refractivity contribution in [2.75, 3.05) is 11.9 Å². The van der Waals surface area contributed by atoms with Gasteiger partial charge in [-0.05, 0) is 47.6 Å². The summed E-state index contributed by atoms with van der Waals surface area (Å²) in [6.45, 7) is 6.95. The van der Waals surface area contributed by atoms with Crippen LogP contribution < -0.4 is 10.6 Å². The molecule has 0 amide bonds. The second kappa shape index (κ2) is 11.5. The van der Waals surface area contributed by atoms with Gasteiger partial charge in [0.2, 0.25) is 12.2 Å². The number of carboxylic acids is 1. The van der Waals surface area contributed by atoms with Crippen LogP contribution in [0, 0.1) is 16.9 Å². The molecule has 2 aromatic rings. The van der Waals surface area contributed by atoms with Gasteiger partial charge in [0.1, 0.15) is 0 Å². The van der Waals surface area contributed by atoms with Gasteiger partial charge in [0.15, 0.2) is 0 Å². The number of benzene rings is 1. The predicted molar refractivity (Wildman–Crippen MR) is 123 cm³/mol. The highest BCUT2D eigenvalue weighted by Gasteiger charge is 2.12. The minimum atomic E-state index is -0.797. The summed E-state index contributed by atoms with van der Waals surface area (Å²) in [7, 11) is 0. The molecular weight excluding hydrogens is 390 g/mol. The average molecular weight is 420 g/mol. The van der Waals surface area contributed by atoms with E-state index >= 15 is 0 Å². The summed E-state index contributed by atoms with van der Waals surface area (Å²) in [6, 6.07) is 11.6. The Morgan fingerprint density at radius 3 is 2.68 bits per heavy atom. The number of nitriles is 1. The Bertz CT molecular complexity index is 969. The van der Waals surface area contributed by atoms with Crippen molar-refractivity contribution in [2.24, 2.45) is 10.4 Å². The van der Waals surface area contributed by atoms with Crippen LogP contribution in [-0.4, -0.2) is 28.6 Å². The van der Waals surface area contributed by atoms with Crippen LogP contribution in [0.4, 0.5) is 5.69 Å². The fraction of sp³-hybridized carbons (Fsp3) is 0.333. The fourth-order valence-electron chi connectivity index (χ4n) is 2.84. The normalized spacial score (nSPS) is 12.2. The maximum atomic E-state index is 10.8. The van der Waals surface area contributed by atoms with Gasteiger partial charge in [-0.15, -0.1) is 4.99 Å². The number of hydrogen-bond acceptors (Lipinski definition) is 4. The van der Waals surface area contributed by atoms with Gasteiger partial charge in [0.05, 0.1) is 0 Å². The van der Waals surface area contributed by atoms with Crippen molar-refractivity contribution in [2.45, 2.75) is 40.0 Å². The number of aromatic nitrogens is 1. The lowest BCUT2D eigenvalue weighted by atomic mass is 9.97. The van der Waals surface area contributed by atoms with Gasteiger partial charge in [-0.25, -0.2) is 0 Å². The standard InChI is InChI=1S/C24H29N5O2/c1-24(2,3)16-27-23(28-17-25)29-20-10-6-8-18(14-20)21(11-4-5-12-22(30)31)19-9-7-13-26-15-19/h6-11,13-15H,4-5,12,16H2,1-3H3,(H,30,31)(H2,27,28,29)/b21-11+. The Labute approximate surface area is 183 Å². The first-order chi connectivity index (χ1) is 14.8. The van der Waals surface area contributed by atoms with Crippen molar-refractivity contribution in [1.82, 2.24) is 10.3 Å². The van der Waals surface area contributed by atoms with Crippen molar-refractivity contribution in [3.05, 3.63) is 66.0 Å². The topological polar surface area (TPSA) is 110 Å². The molecule has 0 radical (unpaired) electrons. The zero-order chi connectivity index (χ0) is 22.7. The van der Waals surface area contributed by atoms with Crippen molar-refractivity contribution in [3.63, 3.8) is 0 Å². The fourth-order valence-corrected chi connectivity index (χ4v) is 2.84. The van der Waals surface area contributed by atoms with Gasteiger partial charge in [-0.3, -0.25) is 9.78 Å². The smallest absolute Gasteiger partial charge is 0.303 e. The van der Waals surface area contributed by atoms with Crippen molar-refractivity contribution >= 4 is 23.2 Å². The van der Waals surface area contributed by atoms with Crippen molar-refractivity contribution < 1.29 is 9.90 Å². The predicted octanol–water partition coefficient (Wildman–Crippen LogP) is 4.65. The molecule has 0 aliphatic carbocycles. The van der Waals surface area contributed by atoms with Gasteiger partial charge in [-0.1, -0.05) is 45.0 Å². The number of aliphatic carboxylic acids is 1. The number of nitrogens with zero attached hydrogens (tertiary/aromatic N) is 3. The molecule has 2 rings (SSSR count). The minimum absolute atomic E-state index is 0.0337. The van der Waals surface area contributed by atoms with Gasteiger partial charge < -0.3 is 15.7 Å². The maximum Gasteiger partial charge on any atom is 0.303 e. The van der Waals surface area contributed by atoms with E-state index in [9.17, 15) is 4.79 Å². The number of aliphatic imine (C=N–C) groups is 1. The van der Waals surface area contributed by atoms with E-state index < -0.39 is 5.97 Å². The number of hydrogen-bond donors (Lipinski definition) is 3. The summed E-state index contributed by atoms with van der Waals surface area (Å²) in [5.74, 6) is -0.405. The monoisotopic (exact) mass is 419 g/mol. The molecule has 7 heteroatoms. The molecule has 0 unspecified atom stereocenters. The molecule has 3 N–H and O–H groups in total. The number of pyridine rings is 1. The molecule has 0 aliphatic heterocycles. The number of allylic oxidation sites excluding steroid dienone is 1. The minimum Gasteiger partial charge on any atom is -0.481 e. The quantitative estimate of drug-likeness (QED) is 0.249. The Kier molecular flexibility index (Phi) is 8.77. The van der Waals surface area contributed by atoms with Crippen LogP contribution in [0.1, 0.15) is 51.2 Å². The number of guanidine groups is 1. The summed E-state index contributed by atoms with van der Waals surface area (Å²) in [5.41, 5.74) is 3.70. The summed E-state index contributed by atoms with van der Waals surface area (Å²) in [6.07, 6.45) is 8.71. The number of nitrogens with one attached hydrogen (secondary N) is 2. The van der Waals surface area contributed by atoms with Gasteiger partial charge in [-0.2, -0.15) is 5.26 Å². The first-order valence-corrected chi connectivity index (χ1v) is 10.2. The first-order valence-electron chi connectivity index (χ1n) is 10.2. The lowest BCUT2D eigenvalue weighted by Gasteiger charge is -2.20. The van der Waals surface area contributed by atoms with Crippen molar-refractivity contribution in [1.29, 1.82) is 5.26 Å². The molecule has 0 saturated heterocycles. The van der Waals surface area contributed by atoms with Crippen LogP contribution in [0.2, 0.25) is 0 Å². The zero-order valence-electron chi connectivity index (χ0n) is 18.2. The molecule has 162 valence electrons. The third-order valence-electron chi connectivity index (χ3n) is 4.30. The Morgan fingerprint density at radius 1 is 1.26 bits per heavy atom. The molecule has 0 aliphatic rings. The molecule has 7 nitrogen and oxygen atoms in total. The largest absolute Gasteiger partial charge is 0.481 e. The highest BCUT2D eigenvalue weighted by molar-refractivity contribution is 5.95. The van der Waals surface area contributed by atoms with Crippen LogP contribution in [0.15, 0.2) is 59.9 Å². The van der Waals surface area contributed by atoms with E-state index in [1.54, 1.807) is 12.4 Å². The lowest BCUT2D eigenvalue weighted by molar-refractivity contribution is -0.137. The van der Waals surface area contributed by atoms with E-state index in [0.717, 1.165) is 22.4 Å². The van der Waals surface area contributed by atoms with E-state index in [-0.39, 0.29) is 11.8 Å². The molecule has 0 spiro atoms. The number of anilines is 1. The van der Waals surface area contributed by atoms with Gasteiger partial charge >= 0.3 is 5.97 Å². The summed E-state index contributed by atoms with van der Waals surface area (Å²) in [4.78, 5) is 18.9. The third kappa shape index (κ3) is 8.70. The second-order valence-electron chi connectivity index (χ2n) is 8.33. The first kappa shape index (κ1) is 23.6. The zero-order valence-corrected chi connectivity index (χ0v) is 18.2. The number of rotatable bonds is 8. The van der Waals surface area contributed by atoms with E-state index in [1.165, 1.54) is 0 Å². The molecule has 1 heterocycles. The Hall–Kier alpha value is -3.66. The number of carbonyl (C=O) groups is 1. The third-order valence-corrected chi connectivity index (χ3v) is 4.30. The maximum absolute atomic E-state index is 10.8. The van der Waals surface area contributed by atoms with Crippen LogP contribution in [0.25, 0.3) is 5.57 Å². The van der Waals surface area contributed by atoms with E-state index in [1.807, 2.05) is 48.7 Å². The summed E-state index contributed by atoms with van der Waals surface area (Å²) >= 11 is 0. The lowest BCUT2D eigenvalue weighted by Crippen LogP contribution is -2.36. The van der Waals surface area contributed by atoms with Gasteiger partial charge in [0, 0.05) is 36.6 Å². The molecule has 0 atom stereocenters. The summed E-state index contributed by atoms with van der Waals surface area (Å²) in [5, 5.41) is 24.3. The molecule has 1 aromatic carbocycles. The van der Waals surface area contributed by atoms with Crippen LogP contribution >= 0.6 is 0 Å². The van der Waals surface area contributed by atoms with Crippen LogP contribution in [-0.2, 0) is 4.79 Å². The SMILES string of the molecule is CC(C)(C)CN/C(=N/C#N)Nc1cccc(/C(=C\CCCC(=O)O)c2cccnc2)c1.